The van der Waals surface area contributed by atoms with Crippen LogP contribution in [0.25, 0.3) is 0 Å². The van der Waals surface area contributed by atoms with Crippen molar-refractivity contribution in [2.75, 3.05) is 39.8 Å². The third-order valence-corrected chi connectivity index (χ3v) is 5.31. The summed E-state index contributed by atoms with van der Waals surface area (Å²) in [5.74, 6) is 1.26. The van der Waals surface area contributed by atoms with Crippen molar-refractivity contribution in [3.8, 4) is 0 Å². The van der Waals surface area contributed by atoms with Crippen molar-refractivity contribution in [1.29, 1.82) is 0 Å². The third-order valence-electron chi connectivity index (χ3n) is 5.31. The quantitative estimate of drug-likeness (QED) is 0.298. The minimum atomic E-state index is 0.221. The summed E-state index contributed by atoms with van der Waals surface area (Å²) < 4.78 is 0. The highest BCUT2D eigenvalue weighted by atomic mass is 16.1. The zero-order chi connectivity index (χ0) is 19.2. The van der Waals surface area contributed by atoms with Crippen molar-refractivity contribution in [2.24, 2.45) is 10.9 Å². The third kappa shape index (κ3) is 9.41. The van der Waals surface area contributed by atoms with Crippen LogP contribution in [0.5, 0.6) is 0 Å². The molecule has 1 rings (SSSR count). The van der Waals surface area contributed by atoms with Gasteiger partial charge in [0.25, 0.3) is 0 Å². The average Bonchev–Trinajstić information content (AvgIpc) is 2.68. The van der Waals surface area contributed by atoms with Crippen molar-refractivity contribution in [3.63, 3.8) is 0 Å². The Bertz CT molecular complexity index is 403. The lowest BCUT2D eigenvalue weighted by Crippen LogP contribution is -2.45. The number of carbonyl (C=O) groups is 1. The molecule has 26 heavy (non-hydrogen) atoms. The Labute approximate surface area is 160 Å². The van der Waals surface area contributed by atoms with E-state index in [2.05, 4.69) is 46.6 Å². The number of nitrogens with zero attached hydrogens (tertiary/aromatic N) is 2. The first-order chi connectivity index (χ1) is 12.6. The Balaban J connectivity index is 2.14. The maximum absolute atomic E-state index is 12.1. The fourth-order valence-corrected chi connectivity index (χ4v) is 3.54. The van der Waals surface area contributed by atoms with Crippen LogP contribution in [0.2, 0.25) is 0 Å². The summed E-state index contributed by atoms with van der Waals surface area (Å²) in [6.45, 7) is 11.4. The van der Waals surface area contributed by atoms with Gasteiger partial charge in [0.1, 0.15) is 0 Å². The Morgan fingerprint density at radius 2 is 1.77 bits per heavy atom. The molecule has 0 radical (unpaired) electrons. The summed E-state index contributed by atoms with van der Waals surface area (Å²) in [6.07, 6.45) is 8.07. The van der Waals surface area contributed by atoms with Crippen LogP contribution in [0.15, 0.2) is 4.99 Å². The maximum Gasteiger partial charge on any atom is 0.223 e. The molecule has 6 nitrogen and oxygen atoms in total. The van der Waals surface area contributed by atoms with Crippen LogP contribution in [0.1, 0.15) is 65.7 Å². The van der Waals surface area contributed by atoms with Gasteiger partial charge >= 0.3 is 0 Å². The van der Waals surface area contributed by atoms with E-state index in [9.17, 15) is 4.79 Å². The van der Waals surface area contributed by atoms with E-state index in [-0.39, 0.29) is 11.8 Å². The molecule has 1 aliphatic carbocycles. The van der Waals surface area contributed by atoms with E-state index in [1.807, 2.05) is 0 Å². The molecule has 0 aliphatic heterocycles. The van der Waals surface area contributed by atoms with E-state index in [4.69, 9.17) is 0 Å². The van der Waals surface area contributed by atoms with Gasteiger partial charge in [-0.25, -0.2) is 0 Å². The highest BCUT2D eigenvalue weighted by Crippen LogP contribution is 2.23. The summed E-state index contributed by atoms with van der Waals surface area (Å²) in [5.41, 5.74) is 0. The molecule has 3 N–H and O–H groups in total. The van der Waals surface area contributed by atoms with Crippen LogP contribution in [-0.4, -0.2) is 62.6 Å². The monoisotopic (exact) mass is 367 g/mol. The van der Waals surface area contributed by atoms with Crippen molar-refractivity contribution < 1.29 is 4.79 Å². The van der Waals surface area contributed by atoms with E-state index in [1.54, 1.807) is 7.05 Å². The largest absolute Gasteiger partial charge is 0.355 e. The van der Waals surface area contributed by atoms with Crippen LogP contribution in [0.3, 0.4) is 0 Å². The minimum absolute atomic E-state index is 0.221. The lowest BCUT2D eigenvalue weighted by atomic mass is 9.89. The van der Waals surface area contributed by atoms with Crippen molar-refractivity contribution in [3.05, 3.63) is 0 Å². The number of hydrogen-bond donors (Lipinski definition) is 3. The van der Waals surface area contributed by atoms with Gasteiger partial charge < -0.3 is 20.9 Å². The molecule has 0 aromatic heterocycles. The van der Waals surface area contributed by atoms with Gasteiger partial charge in [0.2, 0.25) is 5.91 Å². The second-order valence-electron chi connectivity index (χ2n) is 7.34. The van der Waals surface area contributed by atoms with Gasteiger partial charge in [-0.2, -0.15) is 0 Å². The highest BCUT2D eigenvalue weighted by Gasteiger charge is 2.20. The van der Waals surface area contributed by atoms with Crippen LogP contribution in [-0.2, 0) is 4.79 Å². The normalized spacial score (nSPS) is 17.2. The number of aliphatic imine (C=N–C) groups is 1. The molecule has 0 saturated heterocycles. The van der Waals surface area contributed by atoms with E-state index in [0.29, 0.717) is 19.1 Å². The minimum Gasteiger partial charge on any atom is -0.355 e. The molecule has 1 atom stereocenters. The van der Waals surface area contributed by atoms with Gasteiger partial charge in [0.15, 0.2) is 5.96 Å². The number of carbonyl (C=O) groups excluding carboxylic acids is 1. The van der Waals surface area contributed by atoms with E-state index < -0.39 is 0 Å². The zero-order valence-electron chi connectivity index (χ0n) is 17.4. The lowest BCUT2D eigenvalue weighted by molar-refractivity contribution is -0.125. The maximum atomic E-state index is 12.1. The molecule has 0 bridgehead atoms. The number of hydrogen-bond acceptors (Lipinski definition) is 3. The Hall–Kier alpha value is -1.30. The van der Waals surface area contributed by atoms with Gasteiger partial charge in [-0.1, -0.05) is 33.1 Å². The fourth-order valence-electron chi connectivity index (χ4n) is 3.54. The topological polar surface area (TPSA) is 68.8 Å². The molecular weight excluding hydrogens is 326 g/mol. The molecule has 0 aromatic carbocycles. The molecule has 0 aromatic rings. The fraction of sp³-hybridized carbons (Fsp3) is 0.900. The van der Waals surface area contributed by atoms with E-state index in [0.717, 1.165) is 44.9 Å². The Morgan fingerprint density at radius 1 is 1.12 bits per heavy atom. The summed E-state index contributed by atoms with van der Waals surface area (Å²) in [7, 11) is 1.79. The summed E-state index contributed by atoms with van der Waals surface area (Å²) in [4.78, 5) is 18.9. The molecule has 1 amide bonds. The first-order valence-corrected chi connectivity index (χ1v) is 10.6. The summed E-state index contributed by atoms with van der Waals surface area (Å²) in [5, 5.41) is 9.78. The Kier molecular flexibility index (Phi) is 12.1. The molecule has 1 fully saturated rings. The molecule has 1 saturated carbocycles. The van der Waals surface area contributed by atoms with Crippen LogP contribution in [0.4, 0.5) is 0 Å². The van der Waals surface area contributed by atoms with E-state index >= 15 is 0 Å². The number of rotatable bonds is 11. The smallest absolute Gasteiger partial charge is 0.223 e. The number of nitrogens with one attached hydrogen (secondary N) is 3. The molecule has 152 valence electrons. The Morgan fingerprint density at radius 3 is 2.38 bits per heavy atom. The second-order valence-corrected chi connectivity index (χ2v) is 7.34. The van der Waals surface area contributed by atoms with Crippen molar-refractivity contribution in [1.82, 2.24) is 20.9 Å². The summed E-state index contributed by atoms with van der Waals surface area (Å²) in [6, 6.07) is 0.383. The number of guanidine groups is 1. The predicted octanol–water partition coefficient (Wildman–Crippen LogP) is 2.36. The first-order valence-electron chi connectivity index (χ1n) is 10.6. The summed E-state index contributed by atoms with van der Waals surface area (Å²) >= 11 is 0. The van der Waals surface area contributed by atoms with Crippen LogP contribution < -0.4 is 16.0 Å². The SMILES string of the molecule is CCN(CC)CCCC(C)NC(=NC)NCCNC(=O)C1CCCCC1. The van der Waals surface area contributed by atoms with Crippen LogP contribution in [0, 0.1) is 5.92 Å². The zero-order valence-corrected chi connectivity index (χ0v) is 17.4. The predicted molar refractivity (Wildman–Crippen MR) is 111 cm³/mol. The molecule has 6 heteroatoms. The molecule has 0 spiro atoms. The number of amides is 1. The first kappa shape index (κ1) is 22.7. The second kappa shape index (κ2) is 13.8. The molecule has 1 unspecified atom stereocenters. The molecule has 0 heterocycles. The van der Waals surface area contributed by atoms with Gasteiger partial charge in [0, 0.05) is 32.1 Å². The van der Waals surface area contributed by atoms with E-state index in [1.165, 1.54) is 25.7 Å². The molecule has 1 aliphatic rings. The highest BCUT2D eigenvalue weighted by molar-refractivity contribution is 5.80. The van der Waals surface area contributed by atoms with Crippen LogP contribution >= 0.6 is 0 Å². The molecular formula is C20H41N5O. The van der Waals surface area contributed by atoms with Gasteiger partial charge in [-0.05, 0) is 52.2 Å². The average molecular weight is 368 g/mol. The standard InChI is InChI=1S/C20H41N5O/c1-5-25(6-2)16-10-11-17(3)24-20(21-4)23-15-14-22-19(26)18-12-8-7-9-13-18/h17-18H,5-16H2,1-4H3,(H,22,26)(H2,21,23,24). The van der Waals surface area contributed by atoms with Gasteiger partial charge in [-0.15, -0.1) is 0 Å². The van der Waals surface area contributed by atoms with Gasteiger partial charge in [-0.3, -0.25) is 9.79 Å². The lowest BCUT2D eigenvalue weighted by Gasteiger charge is -2.22. The van der Waals surface area contributed by atoms with Crippen molar-refractivity contribution in [2.45, 2.75) is 71.8 Å². The van der Waals surface area contributed by atoms with Gasteiger partial charge in [0.05, 0.1) is 0 Å². The van der Waals surface area contributed by atoms with Crippen molar-refractivity contribution >= 4 is 11.9 Å².